The van der Waals surface area contributed by atoms with E-state index in [0.717, 1.165) is 297 Å². The monoisotopic (exact) mass is 1420 g/mol. The SMILES string of the molecule is Cc1cc(O)c(C2CCCCC2)cc1C(c1cc(C2CCCCC2)c(O)cc1C)c1cc(Cc2cc(C3(c4cc(Cc5ccc(O)c(C(c6cc(C7CCCCC7)c(O)cc6C)c6cc(C7CCCCC7)c(O)cc6C)c5)c(O)c(C5CCCCC5)c4)CCCCC3)cc(C3CCCCC3)c2O)ccc1O. The number of aryl methyl sites for hydroxylation is 4. The lowest BCUT2D eigenvalue weighted by molar-refractivity contribution is 0.341. The molecule has 7 aliphatic carbocycles. The summed E-state index contributed by atoms with van der Waals surface area (Å²) in [6.45, 7) is 8.37. The number of phenolic OH excluding ortho intramolecular Hbond substituents is 8. The molecular weight excluding hydrogens is 1310 g/mol. The smallest absolute Gasteiger partial charge is 0.122 e. The molecule has 8 nitrogen and oxygen atoms in total. The summed E-state index contributed by atoms with van der Waals surface area (Å²) in [7, 11) is 0. The van der Waals surface area contributed by atoms with Crippen LogP contribution in [0.4, 0.5) is 0 Å². The molecule has 0 aromatic heterocycles. The van der Waals surface area contributed by atoms with Crippen LogP contribution in [0.5, 0.6) is 46.0 Å². The van der Waals surface area contributed by atoms with Crippen LogP contribution >= 0.6 is 0 Å². The Labute approximate surface area is 632 Å². The van der Waals surface area contributed by atoms with Crippen LogP contribution in [-0.4, -0.2) is 40.9 Å². The molecule has 0 radical (unpaired) electrons. The van der Waals surface area contributed by atoms with Crippen LogP contribution in [-0.2, 0) is 18.3 Å². The van der Waals surface area contributed by atoms with Gasteiger partial charge in [-0.3, -0.25) is 0 Å². The first-order chi connectivity index (χ1) is 51.5. The minimum Gasteiger partial charge on any atom is -0.508 e. The molecule has 8 aromatic carbocycles. The normalized spacial score (nSPS) is 19.3. The molecule has 7 fully saturated rings. The maximum Gasteiger partial charge on any atom is 0.122 e. The zero-order chi connectivity index (χ0) is 73.3. The molecule has 0 bridgehead atoms. The first-order valence-electron chi connectivity index (χ1n) is 42.2. The molecule has 8 heteroatoms. The van der Waals surface area contributed by atoms with Crippen LogP contribution in [0.2, 0.25) is 0 Å². The number of phenols is 8. The third-order valence-corrected chi connectivity index (χ3v) is 28.0. The summed E-state index contributed by atoms with van der Waals surface area (Å²) >= 11 is 0. The van der Waals surface area contributed by atoms with Crippen LogP contribution in [0.25, 0.3) is 0 Å². The quantitative estimate of drug-likeness (QED) is 0.0394. The number of aromatic hydroxyl groups is 8. The standard InChI is InChI=1S/C98H120O8/c1-60-44-90(101)80(66-26-12-5-13-27-66)56-76(60)94(77-57-81(91(102)45-61(77)2)67-28-14-6-15-29-67)86-50-64(38-40-88(86)99)48-72-52-74(54-84(96(72)105)70-34-20-9-21-35-70)98(42-24-11-25-43-98)75-53-73(97(106)85(55-75)71-36-22-10-23-37-71)49-65-39-41-89(100)87(51-65)95(78-58-82(92(103)46-62(78)3)68-30-16-7-17-31-68)79-59-83(93(104)47-63(79)4)69-32-18-8-19-33-69/h38-41,44-47,50-59,66-71,94-95,99-106H,5-37,42-43,48-49H2,1-4H3. The molecule has 0 spiro atoms. The summed E-state index contributed by atoms with van der Waals surface area (Å²) in [5.74, 6) is 3.06. The average Bonchev–Trinajstić information content (AvgIpc) is 0.746. The minimum absolute atomic E-state index is 0.196. The van der Waals surface area contributed by atoms with Gasteiger partial charge in [0.1, 0.15) is 46.0 Å². The molecule has 7 aliphatic rings. The highest BCUT2D eigenvalue weighted by Gasteiger charge is 2.41. The van der Waals surface area contributed by atoms with Gasteiger partial charge >= 0.3 is 0 Å². The number of benzene rings is 8. The highest BCUT2D eigenvalue weighted by molar-refractivity contribution is 5.63. The molecule has 0 aliphatic heterocycles. The second-order valence-electron chi connectivity index (χ2n) is 34.9. The predicted molar refractivity (Wildman–Crippen MR) is 430 cm³/mol. The van der Waals surface area contributed by atoms with Crippen molar-refractivity contribution >= 4 is 0 Å². The van der Waals surface area contributed by atoms with Gasteiger partial charge in [-0.1, -0.05) is 208 Å². The molecule has 106 heavy (non-hydrogen) atoms. The zero-order valence-corrected chi connectivity index (χ0v) is 64.3. The Hall–Kier alpha value is -7.84. The third kappa shape index (κ3) is 15.1. The minimum atomic E-state index is -0.440. The molecule has 15 rings (SSSR count). The van der Waals surface area contributed by atoms with Gasteiger partial charge < -0.3 is 40.9 Å². The van der Waals surface area contributed by atoms with E-state index in [1.807, 2.05) is 48.5 Å². The Bertz CT molecular complexity index is 4030. The van der Waals surface area contributed by atoms with Crippen molar-refractivity contribution < 1.29 is 40.9 Å². The topological polar surface area (TPSA) is 162 Å². The lowest BCUT2D eigenvalue weighted by atomic mass is 9.63. The highest BCUT2D eigenvalue weighted by Crippen LogP contribution is 2.55. The molecule has 0 atom stereocenters. The van der Waals surface area contributed by atoms with Gasteiger partial charge in [0.05, 0.1) is 0 Å². The lowest BCUT2D eigenvalue weighted by Gasteiger charge is -2.41. The van der Waals surface area contributed by atoms with Gasteiger partial charge in [-0.05, 0) is 301 Å². The molecule has 0 amide bonds. The van der Waals surface area contributed by atoms with E-state index < -0.39 is 17.3 Å². The number of hydrogen-bond acceptors (Lipinski definition) is 8. The van der Waals surface area contributed by atoms with Gasteiger partial charge in [-0.15, -0.1) is 0 Å². The van der Waals surface area contributed by atoms with Gasteiger partial charge in [0.15, 0.2) is 0 Å². The number of rotatable bonds is 18. The third-order valence-electron chi connectivity index (χ3n) is 28.0. The van der Waals surface area contributed by atoms with E-state index in [2.05, 4.69) is 88.4 Å². The van der Waals surface area contributed by atoms with Gasteiger partial charge in [0, 0.05) is 41.2 Å². The molecule has 8 N–H and O–H groups in total. The fraction of sp³-hybridized carbons (Fsp3) is 0.510. The van der Waals surface area contributed by atoms with Gasteiger partial charge in [0.2, 0.25) is 0 Å². The lowest BCUT2D eigenvalue weighted by Crippen LogP contribution is -2.31. The van der Waals surface area contributed by atoms with Crippen molar-refractivity contribution in [2.75, 3.05) is 0 Å². The van der Waals surface area contributed by atoms with Crippen LogP contribution in [0, 0.1) is 27.7 Å². The van der Waals surface area contributed by atoms with Crippen molar-refractivity contribution in [3.8, 4) is 46.0 Å². The molecule has 0 unspecified atom stereocenters. The van der Waals surface area contributed by atoms with Gasteiger partial charge in [-0.2, -0.15) is 0 Å². The summed E-state index contributed by atoms with van der Waals surface area (Å²) in [6, 6.07) is 38.6. The summed E-state index contributed by atoms with van der Waals surface area (Å²) < 4.78 is 0. The van der Waals surface area contributed by atoms with Crippen molar-refractivity contribution in [3.05, 3.63) is 232 Å². The highest BCUT2D eigenvalue weighted by atomic mass is 16.3. The van der Waals surface area contributed by atoms with E-state index in [-0.39, 0.29) is 47.0 Å². The van der Waals surface area contributed by atoms with Crippen molar-refractivity contribution in [2.45, 2.75) is 318 Å². The van der Waals surface area contributed by atoms with Crippen LogP contribution in [0.1, 0.15) is 394 Å². The van der Waals surface area contributed by atoms with E-state index in [1.165, 1.54) is 49.7 Å². The number of hydrogen-bond donors (Lipinski definition) is 8. The van der Waals surface area contributed by atoms with E-state index >= 15 is 0 Å². The van der Waals surface area contributed by atoms with Crippen LogP contribution < -0.4 is 0 Å². The molecule has 7 saturated carbocycles. The van der Waals surface area contributed by atoms with E-state index in [9.17, 15) is 40.9 Å². The van der Waals surface area contributed by atoms with Crippen molar-refractivity contribution in [2.24, 2.45) is 0 Å². The molecule has 8 aromatic rings. The van der Waals surface area contributed by atoms with Gasteiger partial charge in [-0.25, -0.2) is 0 Å². The molecular formula is C98H120O8. The molecule has 560 valence electrons. The Morgan fingerprint density at radius 2 is 0.519 bits per heavy atom. The second-order valence-corrected chi connectivity index (χ2v) is 34.9. The second kappa shape index (κ2) is 32.2. The van der Waals surface area contributed by atoms with E-state index in [0.29, 0.717) is 47.3 Å². The Balaban J connectivity index is 0.859. The fourth-order valence-corrected chi connectivity index (χ4v) is 22.1. The molecule has 0 saturated heterocycles. The van der Waals surface area contributed by atoms with E-state index in [1.54, 1.807) is 0 Å². The van der Waals surface area contributed by atoms with E-state index in [4.69, 9.17) is 0 Å². The van der Waals surface area contributed by atoms with Crippen molar-refractivity contribution in [1.29, 1.82) is 0 Å². The first-order valence-corrected chi connectivity index (χ1v) is 42.2. The Morgan fingerprint density at radius 1 is 0.264 bits per heavy atom. The summed E-state index contributed by atoms with van der Waals surface area (Å²) in [6.07, 6.45) is 39.0. The maximum absolute atomic E-state index is 13.2. The van der Waals surface area contributed by atoms with Crippen molar-refractivity contribution in [1.82, 2.24) is 0 Å². The molecule has 0 heterocycles. The Morgan fingerprint density at radius 3 is 0.792 bits per heavy atom. The summed E-state index contributed by atoms with van der Waals surface area (Å²) in [5, 5.41) is 99.0. The van der Waals surface area contributed by atoms with Crippen molar-refractivity contribution in [3.63, 3.8) is 0 Å². The maximum atomic E-state index is 13.2. The summed E-state index contributed by atoms with van der Waals surface area (Å²) in [5.41, 5.74) is 21.4. The largest absolute Gasteiger partial charge is 0.508 e. The fourth-order valence-electron chi connectivity index (χ4n) is 22.1. The predicted octanol–water partition coefficient (Wildman–Crippen LogP) is 25.6. The summed E-state index contributed by atoms with van der Waals surface area (Å²) in [4.78, 5) is 0. The first kappa shape index (κ1) is 73.7. The zero-order valence-electron chi connectivity index (χ0n) is 64.3. The Kier molecular flexibility index (Phi) is 22.3. The van der Waals surface area contributed by atoms with Gasteiger partial charge in [0.25, 0.3) is 0 Å². The van der Waals surface area contributed by atoms with Crippen LogP contribution in [0.3, 0.4) is 0 Å². The average molecular weight is 1430 g/mol. The van der Waals surface area contributed by atoms with Crippen LogP contribution in [0.15, 0.2) is 109 Å².